The number of carbonyl (C=O) groups is 1. The lowest BCUT2D eigenvalue weighted by molar-refractivity contribution is -0.121. The molecule has 5 nitrogen and oxygen atoms in total. The van der Waals surface area contributed by atoms with Crippen molar-refractivity contribution in [2.75, 3.05) is 13.1 Å². The Morgan fingerprint density at radius 3 is 2.71 bits per heavy atom. The molecule has 0 unspecified atom stereocenters. The number of rotatable bonds is 6. The normalized spacial score (nSPS) is 16.8. The van der Waals surface area contributed by atoms with E-state index >= 15 is 0 Å². The van der Waals surface area contributed by atoms with E-state index in [1.807, 2.05) is 0 Å². The number of nitrogens with zero attached hydrogens (tertiary/aromatic N) is 1. The lowest BCUT2D eigenvalue weighted by atomic mass is 10.1. The molecule has 0 aromatic heterocycles. The number of nitrogens with one attached hydrogen (secondary N) is 1. The molecule has 5 heteroatoms. The van der Waals surface area contributed by atoms with Crippen molar-refractivity contribution in [3.8, 4) is 11.5 Å². The van der Waals surface area contributed by atoms with Gasteiger partial charge in [-0.05, 0) is 51.4 Å². The number of likely N-dealkylation sites (tertiary alicyclic amines) is 1. The van der Waals surface area contributed by atoms with Crippen LogP contribution in [0.2, 0.25) is 0 Å². The first-order valence-electron chi connectivity index (χ1n) is 7.58. The van der Waals surface area contributed by atoms with Crippen LogP contribution >= 0.6 is 0 Å². The van der Waals surface area contributed by atoms with Crippen molar-refractivity contribution in [2.24, 2.45) is 0 Å². The highest BCUT2D eigenvalue weighted by Gasteiger charge is 2.18. The van der Waals surface area contributed by atoms with E-state index in [0.29, 0.717) is 18.0 Å². The molecule has 116 valence electrons. The summed E-state index contributed by atoms with van der Waals surface area (Å²) in [5.74, 6) is 0.0104. The fourth-order valence-electron chi connectivity index (χ4n) is 2.69. The van der Waals surface area contributed by atoms with E-state index in [4.69, 9.17) is 0 Å². The maximum Gasteiger partial charge on any atom is 0.220 e. The predicted octanol–water partition coefficient (Wildman–Crippen LogP) is 1.98. The molecule has 0 spiro atoms. The van der Waals surface area contributed by atoms with Crippen molar-refractivity contribution in [3.63, 3.8) is 0 Å². The summed E-state index contributed by atoms with van der Waals surface area (Å²) in [6.45, 7) is 4.74. The quantitative estimate of drug-likeness (QED) is 0.749. The number of phenolic OH excluding ortho intramolecular Hbond substituents is 2. The molecule has 1 aliphatic heterocycles. The van der Waals surface area contributed by atoms with Crippen LogP contribution < -0.4 is 5.32 Å². The summed E-state index contributed by atoms with van der Waals surface area (Å²) < 4.78 is 0. The molecule has 1 heterocycles. The van der Waals surface area contributed by atoms with Crippen molar-refractivity contribution < 1.29 is 15.0 Å². The van der Waals surface area contributed by atoms with Gasteiger partial charge in [-0.15, -0.1) is 0 Å². The monoisotopic (exact) mass is 292 g/mol. The molecule has 1 aromatic rings. The Morgan fingerprint density at radius 2 is 2.05 bits per heavy atom. The van der Waals surface area contributed by atoms with Crippen LogP contribution in [0.25, 0.3) is 0 Å². The summed E-state index contributed by atoms with van der Waals surface area (Å²) in [6.07, 6.45) is 3.87. The summed E-state index contributed by atoms with van der Waals surface area (Å²) in [6, 6.07) is 4.83. The van der Waals surface area contributed by atoms with Gasteiger partial charge in [0.25, 0.3) is 0 Å². The van der Waals surface area contributed by atoms with E-state index in [0.717, 1.165) is 19.5 Å². The van der Waals surface area contributed by atoms with Crippen LogP contribution in [0, 0.1) is 0 Å². The van der Waals surface area contributed by atoms with Crippen molar-refractivity contribution in [2.45, 2.75) is 45.2 Å². The van der Waals surface area contributed by atoms with E-state index in [-0.39, 0.29) is 24.0 Å². The van der Waals surface area contributed by atoms with E-state index < -0.39 is 0 Å². The van der Waals surface area contributed by atoms with Gasteiger partial charge in [0.15, 0.2) is 0 Å². The molecule has 0 bridgehead atoms. The van der Waals surface area contributed by atoms with E-state index in [9.17, 15) is 15.0 Å². The van der Waals surface area contributed by atoms with Crippen LogP contribution in [0.1, 0.15) is 38.2 Å². The predicted molar refractivity (Wildman–Crippen MR) is 81.1 cm³/mol. The second kappa shape index (κ2) is 7.31. The zero-order valence-corrected chi connectivity index (χ0v) is 12.5. The van der Waals surface area contributed by atoms with Gasteiger partial charge >= 0.3 is 0 Å². The highest BCUT2D eigenvalue weighted by Crippen LogP contribution is 2.22. The molecule has 1 saturated heterocycles. The molecule has 0 radical (unpaired) electrons. The number of carbonyl (C=O) groups excluding carboxylic acids is 1. The molecular formula is C16H24N2O3. The van der Waals surface area contributed by atoms with Crippen LogP contribution in [0.3, 0.4) is 0 Å². The van der Waals surface area contributed by atoms with Gasteiger partial charge in [0.1, 0.15) is 11.5 Å². The molecular weight excluding hydrogens is 268 g/mol. The molecule has 1 aliphatic rings. The van der Waals surface area contributed by atoms with Gasteiger partial charge in [-0.2, -0.15) is 0 Å². The first-order valence-corrected chi connectivity index (χ1v) is 7.58. The van der Waals surface area contributed by atoms with Crippen molar-refractivity contribution in [1.29, 1.82) is 0 Å². The van der Waals surface area contributed by atoms with E-state index in [2.05, 4.69) is 17.1 Å². The van der Waals surface area contributed by atoms with Crippen LogP contribution in [-0.4, -0.2) is 40.2 Å². The fourth-order valence-corrected chi connectivity index (χ4v) is 2.69. The Labute approximate surface area is 125 Å². The highest BCUT2D eigenvalue weighted by atomic mass is 16.3. The topological polar surface area (TPSA) is 72.8 Å². The molecule has 3 N–H and O–H groups in total. The third-order valence-corrected chi connectivity index (χ3v) is 4.10. The molecule has 0 saturated carbocycles. The summed E-state index contributed by atoms with van der Waals surface area (Å²) in [5.41, 5.74) is 0.605. The first kappa shape index (κ1) is 15.6. The molecule has 21 heavy (non-hydrogen) atoms. The Bertz CT molecular complexity index is 484. The summed E-state index contributed by atoms with van der Waals surface area (Å²) >= 11 is 0. The molecule has 1 aromatic carbocycles. The Kier molecular flexibility index (Phi) is 5.44. The number of aromatic hydroxyl groups is 2. The largest absolute Gasteiger partial charge is 0.508 e. The second-order valence-electron chi connectivity index (χ2n) is 5.72. The maximum atomic E-state index is 11.9. The van der Waals surface area contributed by atoms with Gasteiger partial charge in [0, 0.05) is 30.6 Å². The maximum absolute atomic E-state index is 11.9. The Balaban J connectivity index is 1.71. The van der Waals surface area contributed by atoms with E-state index in [1.165, 1.54) is 25.0 Å². The lowest BCUT2D eigenvalue weighted by Crippen LogP contribution is -2.32. The minimum absolute atomic E-state index is 0.000680. The SMILES string of the molecule is C[C@@H](CCC(=O)NCc1ccc(O)cc1O)N1CCCC1. The third kappa shape index (κ3) is 4.63. The van der Waals surface area contributed by atoms with Crippen LogP contribution in [0.5, 0.6) is 11.5 Å². The number of hydrogen-bond donors (Lipinski definition) is 3. The number of amides is 1. The number of benzene rings is 1. The van der Waals surface area contributed by atoms with Gasteiger partial charge in [0.2, 0.25) is 5.91 Å². The smallest absolute Gasteiger partial charge is 0.220 e. The van der Waals surface area contributed by atoms with Crippen molar-refractivity contribution in [3.05, 3.63) is 23.8 Å². The van der Waals surface area contributed by atoms with Crippen molar-refractivity contribution in [1.82, 2.24) is 10.2 Å². The highest BCUT2D eigenvalue weighted by molar-refractivity contribution is 5.76. The zero-order chi connectivity index (χ0) is 15.2. The van der Waals surface area contributed by atoms with E-state index in [1.54, 1.807) is 6.07 Å². The third-order valence-electron chi connectivity index (χ3n) is 4.10. The van der Waals surface area contributed by atoms with Gasteiger partial charge < -0.3 is 20.4 Å². The summed E-state index contributed by atoms with van der Waals surface area (Å²) in [7, 11) is 0. The number of phenols is 2. The summed E-state index contributed by atoms with van der Waals surface area (Å²) in [5, 5.41) is 21.7. The van der Waals surface area contributed by atoms with Gasteiger partial charge in [-0.3, -0.25) is 4.79 Å². The average Bonchev–Trinajstić information content (AvgIpc) is 2.98. The summed E-state index contributed by atoms with van der Waals surface area (Å²) in [4.78, 5) is 14.3. The molecule has 1 atom stereocenters. The van der Waals surface area contributed by atoms with Crippen LogP contribution in [-0.2, 0) is 11.3 Å². The molecule has 1 fully saturated rings. The average molecular weight is 292 g/mol. The zero-order valence-electron chi connectivity index (χ0n) is 12.5. The molecule has 0 aliphatic carbocycles. The van der Waals surface area contributed by atoms with Gasteiger partial charge in [0.05, 0.1) is 0 Å². The Hall–Kier alpha value is -1.75. The van der Waals surface area contributed by atoms with Crippen molar-refractivity contribution >= 4 is 5.91 Å². The van der Waals surface area contributed by atoms with Crippen LogP contribution in [0.4, 0.5) is 0 Å². The second-order valence-corrected chi connectivity index (χ2v) is 5.72. The first-order chi connectivity index (χ1) is 10.1. The van der Waals surface area contributed by atoms with Gasteiger partial charge in [-0.1, -0.05) is 0 Å². The Morgan fingerprint density at radius 1 is 1.33 bits per heavy atom. The number of hydrogen-bond acceptors (Lipinski definition) is 4. The van der Waals surface area contributed by atoms with Crippen LogP contribution in [0.15, 0.2) is 18.2 Å². The molecule has 2 rings (SSSR count). The fraction of sp³-hybridized carbons (Fsp3) is 0.562. The minimum Gasteiger partial charge on any atom is -0.508 e. The minimum atomic E-state index is -0.00600. The lowest BCUT2D eigenvalue weighted by Gasteiger charge is -2.23. The standard InChI is InChI=1S/C16H24N2O3/c1-12(18-8-2-3-9-18)4-7-16(21)17-11-13-5-6-14(19)10-15(13)20/h5-6,10,12,19-20H,2-4,7-9,11H2,1H3,(H,17,21)/t12-/m0/s1. The molecule has 1 amide bonds. The van der Waals surface area contributed by atoms with Gasteiger partial charge in [-0.25, -0.2) is 0 Å².